The maximum absolute atomic E-state index is 2.49. The molecule has 0 amide bonds. The zero-order valence-corrected chi connectivity index (χ0v) is 33.6. The molecule has 3 heteroatoms. The molecule has 8 aromatic rings. The van der Waals surface area contributed by atoms with Crippen molar-refractivity contribution >= 4 is 34.4 Å². The molecule has 0 unspecified atom stereocenters. The van der Waals surface area contributed by atoms with Gasteiger partial charge in [-0.05, 0) is 130 Å². The monoisotopic (exact) mass is 737 g/mol. The summed E-state index contributed by atoms with van der Waals surface area (Å²) in [7, 11) is 0. The number of fused-ring (bicyclic) bond motifs is 6. The van der Waals surface area contributed by atoms with Gasteiger partial charge in [-0.15, -0.1) is 0 Å². The van der Waals surface area contributed by atoms with E-state index in [0.29, 0.717) is 0 Å². The highest BCUT2D eigenvalue weighted by molar-refractivity contribution is 5.91. The SMILES string of the molecule is Cc1c(C)c(N(c2ccccc2)c2ccc3c(c2)C(C)(C)c2ccccc2-3)n(-c2ccccc2)c1N(c1ccccc1)c1ccc2c(c1)C(C)(C)c1ccccc1-2. The van der Waals surface area contributed by atoms with Crippen molar-refractivity contribution in [3.05, 3.63) is 209 Å². The fraction of sp³-hybridized carbons (Fsp3) is 0.148. The summed E-state index contributed by atoms with van der Waals surface area (Å²) >= 11 is 0. The lowest BCUT2D eigenvalue weighted by Gasteiger charge is -2.32. The molecule has 0 saturated carbocycles. The summed E-state index contributed by atoms with van der Waals surface area (Å²) in [5.74, 6) is 2.23. The highest BCUT2D eigenvalue weighted by Gasteiger charge is 2.38. The maximum atomic E-state index is 2.49. The molecule has 0 radical (unpaired) electrons. The average molecular weight is 738 g/mol. The Morgan fingerprint density at radius 2 is 0.702 bits per heavy atom. The molecule has 2 aliphatic rings. The molecule has 0 N–H and O–H groups in total. The van der Waals surface area contributed by atoms with Crippen LogP contribution in [0.2, 0.25) is 0 Å². The van der Waals surface area contributed by atoms with Crippen LogP contribution < -0.4 is 9.80 Å². The van der Waals surface area contributed by atoms with Crippen LogP contribution in [0.25, 0.3) is 27.9 Å². The molecule has 2 aliphatic carbocycles. The second-order valence-electron chi connectivity index (χ2n) is 16.7. The summed E-state index contributed by atoms with van der Waals surface area (Å²) in [6, 6.07) is 64.6. The van der Waals surface area contributed by atoms with Gasteiger partial charge >= 0.3 is 0 Å². The lowest BCUT2D eigenvalue weighted by molar-refractivity contribution is 0.660. The molecule has 1 heterocycles. The Morgan fingerprint density at radius 1 is 0.351 bits per heavy atom. The molecule has 0 spiro atoms. The maximum Gasteiger partial charge on any atom is 0.127 e. The Balaban J connectivity index is 1.25. The van der Waals surface area contributed by atoms with Crippen LogP contribution in [-0.4, -0.2) is 4.57 Å². The normalized spacial score (nSPS) is 14.1. The second kappa shape index (κ2) is 13.0. The Morgan fingerprint density at radius 3 is 1.12 bits per heavy atom. The number of para-hydroxylation sites is 3. The summed E-state index contributed by atoms with van der Waals surface area (Å²) < 4.78 is 2.49. The summed E-state index contributed by atoms with van der Waals surface area (Å²) in [5.41, 5.74) is 18.5. The van der Waals surface area contributed by atoms with E-state index < -0.39 is 0 Å². The standard InChI is InChI=1S/C54H47N3/c1-36-37(2)52(56(39-22-12-8-13-23-39)42-31-33-46-44-27-17-19-29-48(44)54(5,6)50(46)35-42)57(40-24-14-9-15-25-40)51(36)55(38-20-10-7-11-21-38)41-30-32-45-43-26-16-18-28-47(43)53(3,4)49(45)34-41/h7-35H,1-6H3. The van der Waals surface area contributed by atoms with Crippen molar-refractivity contribution in [3.63, 3.8) is 0 Å². The third-order valence-electron chi connectivity index (χ3n) is 12.8. The first kappa shape index (κ1) is 34.9. The van der Waals surface area contributed by atoms with Gasteiger partial charge in [0.05, 0.1) is 0 Å². The van der Waals surface area contributed by atoms with Gasteiger partial charge in [-0.3, -0.25) is 14.4 Å². The third kappa shape index (κ3) is 5.26. The van der Waals surface area contributed by atoms with E-state index in [1.165, 1.54) is 55.6 Å². The van der Waals surface area contributed by atoms with E-state index in [1.54, 1.807) is 0 Å². The van der Waals surface area contributed by atoms with Crippen molar-refractivity contribution in [2.75, 3.05) is 9.80 Å². The van der Waals surface area contributed by atoms with E-state index in [1.807, 2.05) is 0 Å². The van der Waals surface area contributed by atoms with Crippen molar-refractivity contribution in [2.45, 2.75) is 52.4 Å². The third-order valence-corrected chi connectivity index (χ3v) is 12.8. The highest BCUT2D eigenvalue weighted by Crippen LogP contribution is 2.54. The van der Waals surface area contributed by atoms with Gasteiger partial charge in [0.25, 0.3) is 0 Å². The van der Waals surface area contributed by atoms with Crippen molar-refractivity contribution in [3.8, 4) is 27.9 Å². The van der Waals surface area contributed by atoms with E-state index in [0.717, 1.165) is 40.1 Å². The van der Waals surface area contributed by atoms with Crippen molar-refractivity contribution in [1.82, 2.24) is 4.57 Å². The molecule has 0 bridgehead atoms. The van der Waals surface area contributed by atoms with Crippen molar-refractivity contribution in [2.24, 2.45) is 0 Å². The summed E-state index contributed by atoms with van der Waals surface area (Å²) in [6.45, 7) is 14.0. The lowest BCUT2D eigenvalue weighted by atomic mass is 9.82. The van der Waals surface area contributed by atoms with Crippen LogP contribution in [0.5, 0.6) is 0 Å². The minimum Gasteiger partial charge on any atom is -0.296 e. The Bertz CT molecular complexity index is 2640. The zero-order valence-electron chi connectivity index (χ0n) is 33.6. The van der Waals surface area contributed by atoms with Crippen molar-refractivity contribution < 1.29 is 0 Å². The van der Waals surface area contributed by atoms with Gasteiger partial charge in [-0.1, -0.05) is 143 Å². The van der Waals surface area contributed by atoms with E-state index in [-0.39, 0.29) is 10.8 Å². The molecule has 3 nitrogen and oxygen atoms in total. The lowest BCUT2D eigenvalue weighted by Crippen LogP contribution is -2.20. The van der Waals surface area contributed by atoms with Gasteiger partial charge in [0.15, 0.2) is 0 Å². The van der Waals surface area contributed by atoms with Gasteiger partial charge in [0, 0.05) is 39.3 Å². The van der Waals surface area contributed by atoms with E-state index in [4.69, 9.17) is 0 Å². The fourth-order valence-electron chi connectivity index (χ4n) is 9.73. The van der Waals surface area contributed by atoms with Crippen molar-refractivity contribution in [1.29, 1.82) is 0 Å². The summed E-state index contributed by atoms with van der Waals surface area (Å²) in [4.78, 5) is 4.95. The fourth-order valence-corrected chi connectivity index (χ4v) is 9.73. The van der Waals surface area contributed by atoms with Crippen LogP contribution in [-0.2, 0) is 10.8 Å². The van der Waals surface area contributed by atoms with Crippen LogP contribution >= 0.6 is 0 Å². The average Bonchev–Trinajstić information content (AvgIpc) is 3.74. The number of hydrogen-bond acceptors (Lipinski definition) is 2. The Labute approximate surface area is 337 Å². The number of anilines is 6. The van der Waals surface area contributed by atoms with Crippen LogP contribution in [0.15, 0.2) is 176 Å². The molecule has 278 valence electrons. The zero-order chi connectivity index (χ0) is 39.1. The second-order valence-corrected chi connectivity index (χ2v) is 16.7. The quantitative estimate of drug-likeness (QED) is 0.161. The van der Waals surface area contributed by atoms with E-state index in [9.17, 15) is 0 Å². The van der Waals surface area contributed by atoms with Crippen LogP contribution in [0.4, 0.5) is 34.4 Å². The van der Waals surface area contributed by atoms with Crippen LogP contribution in [0, 0.1) is 13.8 Å². The first-order chi connectivity index (χ1) is 27.7. The topological polar surface area (TPSA) is 11.4 Å². The van der Waals surface area contributed by atoms with Gasteiger partial charge in [0.2, 0.25) is 0 Å². The Kier molecular flexibility index (Phi) is 7.95. The minimum absolute atomic E-state index is 0.132. The summed E-state index contributed by atoms with van der Waals surface area (Å²) in [5, 5.41) is 0. The molecule has 57 heavy (non-hydrogen) atoms. The molecule has 10 rings (SSSR count). The summed E-state index contributed by atoms with van der Waals surface area (Å²) in [6.07, 6.45) is 0. The van der Waals surface area contributed by atoms with Gasteiger partial charge in [0.1, 0.15) is 11.6 Å². The number of rotatable bonds is 7. The Hall–Kier alpha value is -6.58. The predicted molar refractivity (Wildman–Crippen MR) is 240 cm³/mol. The molecule has 1 aromatic heterocycles. The number of hydrogen-bond donors (Lipinski definition) is 0. The highest BCUT2D eigenvalue weighted by atomic mass is 15.3. The number of aromatic nitrogens is 1. The molecule has 0 fully saturated rings. The smallest absolute Gasteiger partial charge is 0.127 e. The molecule has 0 aliphatic heterocycles. The van der Waals surface area contributed by atoms with Gasteiger partial charge in [-0.25, -0.2) is 0 Å². The van der Waals surface area contributed by atoms with Gasteiger partial charge in [-0.2, -0.15) is 0 Å². The predicted octanol–water partition coefficient (Wildman–Crippen LogP) is 14.6. The van der Waals surface area contributed by atoms with Crippen LogP contribution in [0.3, 0.4) is 0 Å². The molecular formula is C54H47N3. The number of nitrogens with zero attached hydrogens (tertiary/aromatic N) is 3. The molecule has 0 saturated heterocycles. The largest absolute Gasteiger partial charge is 0.296 e. The first-order valence-electron chi connectivity index (χ1n) is 20.1. The molecule has 7 aromatic carbocycles. The van der Waals surface area contributed by atoms with Crippen LogP contribution in [0.1, 0.15) is 61.1 Å². The molecular weight excluding hydrogens is 691 g/mol. The van der Waals surface area contributed by atoms with E-state index >= 15 is 0 Å². The molecule has 0 atom stereocenters. The minimum atomic E-state index is -0.132. The number of benzene rings is 7. The van der Waals surface area contributed by atoms with Gasteiger partial charge < -0.3 is 0 Å². The van der Waals surface area contributed by atoms with E-state index in [2.05, 4.69) is 232 Å². The first-order valence-corrected chi connectivity index (χ1v) is 20.1.